The molecule has 0 aliphatic heterocycles. The molecule has 1 fully saturated rings. The van der Waals surface area contributed by atoms with Gasteiger partial charge < -0.3 is 5.32 Å². The molecule has 0 bridgehead atoms. The molecule has 5 nitrogen and oxygen atoms in total. The number of aryl methyl sites for hydroxylation is 3. The lowest BCUT2D eigenvalue weighted by Gasteiger charge is -2.11. The SMILES string of the molecule is Cc1cc(Br)ccc1NC(=O)c1cc(C2CC2)nc2c1c(C)nn2C. The zero-order valence-corrected chi connectivity index (χ0v) is 16.0. The van der Waals surface area contributed by atoms with E-state index in [2.05, 4.69) is 26.3 Å². The minimum atomic E-state index is -0.115. The van der Waals surface area contributed by atoms with Gasteiger partial charge in [-0.3, -0.25) is 9.48 Å². The Labute approximate surface area is 154 Å². The van der Waals surface area contributed by atoms with Crippen LogP contribution in [0.4, 0.5) is 5.69 Å². The van der Waals surface area contributed by atoms with Crippen LogP contribution < -0.4 is 5.32 Å². The smallest absolute Gasteiger partial charge is 0.256 e. The quantitative estimate of drug-likeness (QED) is 0.707. The number of rotatable bonds is 3. The van der Waals surface area contributed by atoms with Crippen molar-refractivity contribution in [2.24, 2.45) is 7.05 Å². The normalized spacial score (nSPS) is 14.1. The first-order valence-electron chi connectivity index (χ1n) is 8.36. The molecule has 1 aliphatic carbocycles. The molecule has 0 saturated heterocycles. The summed E-state index contributed by atoms with van der Waals surface area (Å²) < 4.78 is 2.76. The van der Waals surface area contributed by atoms with Crippen molar-refractivity contribution in [3.8, 4) is 0 Å². The van der Waals surface area contributed by atoms with Gasteiger partial charge in [0.1, 0.15) is 0 Å². The Balaban J connectivity index is 1.80. The maximum atomic E-state index is 13.0. The number of carbonyl (C=O) groups is 1. The maximum absolute atomic E-state index is 13.0. The van der Waals surface area contributed by atoms with Gasteiger partial charge in [0.25, 0.3) is 5.91 Å². The first-order chi connectivity index (χ1) is 11.9. The molecule has 4 rings (SSSR count). The first kappa shape index (κ1) is 16.3. The molecule has 0 unspecified atom stereocenters. The van der Waals surface area contributed by atoms with Crippen LogP contribution in [-0.2, 0) is 7.05 Å². The van der Waals surface area contributed by atoms with E-state index in [9.17, 15) is 4.79 Å². The van der Waals surface area contributed by atoms with Gasteiger partial charge in [-0.2, -0.15) is 5.10 Å². The highest BCUT2D eigenvalue weighted by atomic mass is 79.9. The van der Waals surface area contributed by atoms with Gasteiger partial charge >= 0.3 is 0 Å². The summed E-state index contributed by atoms with van der Waals surface area (Å²) >= 11 is 3.45. The van der Waals surface area contributed by atoms with E-state index < -0.39 is 0 Å². The number of benzene rings is 1. The summed E-state index contributed by atoms with van der Waals surface area (Å²) in [5.74, 6) is 0.358. The number of pyridine rings is 1. The zero-order chi connectivity index (χ0) is 17.7. The van der Waals surface area contributed by atoms with E-state index in [0.29, 0.717) is 11.5 Å². The van der Waals surface area contributed by atoms with E-state index in [1.165, 1.54) is 0 Å². The molecule has 1 aromatic carbocycles. The van der Waals surface area contributed by atoms with Crippen LogP contribution in [0.3, 0.4) is 0 Å². The van der Waals surface area contributed by atoms with E-state index in [1.54, 1.807) is 4.68 Å². The number of hydrogen-bond donors (Lipinski definition) is 1. The zero-order valence-electron chi connectivity index (χ0n) is 14.4. The van der Waals surface area contributed by atoms with Crippen LogP contribution in [0.5, 0.6) is 0 Å². The lowest BCUT2D eigenvalue weighted by atomic mass is 10.1. The van der Waals surface area contributed by atoms with Gasteiger partial charge in [0, 0.05) is 28.8 Å². The van der Waals surface area contributed by atoms with Crippen LogP contribution in [0.15, 0.2) is 28.7 Å². The minimum absolute atomic E-state index is 0.115. The number of anilines is 1. The van der Waals surface area contributed by atoms with Crippen molar-refractivity contribution in [3.05, 3.63) is 51.3 Å². The summed E-state index contributed by atoms with van der Waals surface area (Å²) in [7, 11) is 1.87. The second-order valence-electron chi connectivity index (χ2n) is 6.69. The Hall–Kier alpha value is -2.21. The molecule has 0 atom stereocenters. The Kier molecular flexibility index (Phi) is 3.87. The van der Waals surface area contributed by atoms with Crippen LogP contribution in [0.2, 0.25) is 0 Å². The van der Waals surface area contributed by atoms with Crippen LogP contribution in [0, 0.1) is 13.8 Å². The van der Waals surface area contributed by atoms with Crippen molar-refractivity contribution < 1.29 is 4.79 Å². The molecular formula is C19H19BrN4O. The molecule has 2 aromatic heterocycles. The summed E-state index contributed by atoms with van der Waals surface area (Å²) in [6, 6.07) is 7.77. The standard InChI is InChI=1S/C19H19BrN4O/c1-10-8-13(20)6-7-15(10)22-19(25)14-9-16(12-4-5-12)21-18-17(14)11(2)23-24(18)3/h6-9,12H,4-5H2,1-3H3,(H,22,25). The molecule has 3 aromatic rings. The van der Waals surface area contributed by atoms with Crippen LogP contribution in [-0.4, -0.2) is 20.7 Å². The maximum Gasteiger partial charge on any atom is 0.256 e. The number of fused-ring (bicyclic) bond motifs is 1. The Bertz CT molecular complexity index is 1000. The Morgan fingerprint density at radius 3 is 2.72 bits per heavy atom. The molecule has 1 N–H and O–H groups in total. The molecule has 1 saturated carbocycles. The molecule has 2 heterocycles. The summed E-state index contributed by atoms with van der Waals surface area (Å²) in [6.45, 7) is 3.90. The monoisotopic (exact) mass is 398 g/mol. The summed E-state index contributed by atoms with van der Waals surface area (Å²) in [6.07, 6.45) is 2.28. The third-order valence-corrected chi connectivity index (χ3v) is 5.16. The number of halogens is 1. The van der Waals surface area contributed by atoms with Gasteiger partial charge in [-0.05, 0) is 56.5 Å². The summed E-state index contributed by atoms with van der Waals surface area (Å²) in [4.78, 5) is 17.8. The molecule has 0 radical (unpaired) electrons. The van der Waals surface area contributed by atoms with Crippen molar-refractivity contribution in [3.63, 3.8) is 0 Å². The van der Waals surface area contributed by atoms with Gasteiger partial charge in [-0.25, -0.2) is 4.98 Å². The fourth-order valence-electron chi connectivity index (χ4n) is 3.19. The Morgan fingerprint density at radius 1 is 1.28 bits per heavy atom. The molecule has 1 aliphatic rings. The van der Waals surface area contributed by atoms with Crippen molar-refractivity contribution in [1.82, 2.24) is 14.8 Å². The summed E-state index contributed by atoms with van der Waals surface area (Å²) in [5, 5.41) is 8.34. The molecule has 25 heavy (non-hydrogen) atoms. The number of amides is 1. The minimum Gasteiger partial charge on any atom is -0.322 e. The van der Waals surface area contributed by atoms with E-state index >= 15 is 0 Å². The number of aromatic nitrogens is 3. The van der Waals surface area contributed by atoms with Crippen molar-refractivity contribution in [2.75, 3.05) is 5.32 Å². The van der Waals surface area contributed by atoms with Crippen molar-refractivity contribution >= 4 is 38.6 Å². The van der Waals surface area contributed by atoms with E-state index in [-0.39, 0.29) is 5.91 Å². The lowest BCUT2D eigenvalue weighted by molar-refractivity contribution is 0.102. The predicted octanol–water partition coefficient (Wildman–Crippen LogP) is 4.48. The average molecular weight is 399 g/mol. The number of nitrogens with zero attached hydrogens (tertiary/aromatic N) is 3. The second-order valence-corrected chi connectivity index (χ2v) is 7.61. The fraction of sp³-hybridized carbons (Fsp3) is 0.316. The largest absolute Gasteiger partial charge is 0.322 e. The van der Waals surface area contributed by atoms with Gasteiger partial charge in [0.2, 0.25) is 0 Å². The fourth-order valence-corrected chi connectivity index (χ4v) is 3.66. The van der Waals surface area contributed by atoms with E-state index in [4.69, 9.17) is 4.98 Å². The van der Waals surface area contributed by atoms with E-state index in [0.717, 1.165) is 51.0 Å². The molecule has 1 amide bonds. The third-order valence-electron chi connectivity index (χ3n) is 4.67. The predicted molar refractivity (Wildman–Crippen MR) is 102 cm³/mol. The highest BCUT2D eigenvalue weighted by Crippen LogP contribution is 2.40. The van der Waals surface area contributed by atoms with Crippen LogP contribution >= 0.6 is 15.9 Å². The number of hydrogen-bond acceptors (Lipinski definition) is 3. The molecule has 128 valence electrons. The van der Waals surface area contributed by atoms with Gasteiger partial charge in [0.05, 0.1) is 16.6 Å². The number of carbonyl (C=O) groups excluding carboxylic acids is 1. The van der Waals surface area contributed by atoms with Crippen LogP contribution in [0.1, 0.15) is 46.1 Å². The van der Waals surface area contributed by atoms with Crippen LogP contribution in [0.25, 0.3) is 11.0 Å². The van der Waals surface area contributed by atoms with Gasteiger partial charge in [-0.15, -0.1) is 0 Å². The lowest BCUT2D eigenvalue weighted by Crippen LogP contribution is -2.14. The van der Waals surface area contributed by atoms with Gasteiger partial charge in [-0.1, -0.05) is 15.9 Å². The summed E-state index contributed by atoms with van der Waals surface area (Å²) in [5.41, 5.74) is 5.07. The molecule has 6 heteroatoms. The highest BCUT2D eigenvalue weighted by molar-refractivity contribution is 9.10. The average Bonchev–Trinajstić information content (AvgIpc) is 3.37. The van der Waals surface area contributed by atoms with Crippen molar-refractivity contribution in [2.45, 2.75) is 32.6 Å². The third kappa shape index (κ3) is 2.95. The number of nitrogens with one attached hydrogen (secondary N) is 1. The van der Waals surface area contributed by atoms with Gasteiger partial charge in [0.15, 0.2) is 5.65 Å². The van der Waals surface area contributed by atoms with Crippen molar-refractivity contribution in [1.29, 1.82) is 0 Å². The molecule has 0 spiro atoms. The highest BCUT2D eigenvalue weighted by Gasteiger charge is 2.28. The first-order valence-corrected chi connectivity index (χ1v) is 9.15. The Morgan fingerprint density at radius 2 is 2.04 bits per heavy atom. The topological polar surface area (TPSA) is 59.8 Å². The second kappa shape index (κ2) is 5.95. The van der Waals surface area contributed by atoms with E-state index in [1.807, 2.05) is 45.2 Å². The molecular weight excluding hydrogens is 380 g/mol.